The number of hydrogen-bond acceptors (Lipinski definition) is 3. The van der Waals surface area contributed by atoms with Gasteiger partial charge in [0, 0.05) is 42.3 Å². The molecule has 1 fully saturated rings. The van der Waals surface area contributed by atoms with Gasteiger partial charge in [0.2, 0.25) is 0 Å². The summed E-state index contributed by atoms with van der Waals surface area (Å²) in [5.41, 5.74) is 2.42. The average Bonchev–Trinajstić information content (AvgIpc) is 2.63. The van der Waals surface area contributed by atoms with Crippen LogP contribution in [0.1, 0.15) is 24.0 Å². The molecule has 2 aromatic rings. The van der Waals surface area contributed by atoms with Gasteiger partial charge in [-0.05, 0) is 30.5 Å². The number of halogens is 1. The number of rotatable bonds is 6. The van der Waals surface area contributed by atoms with Gasteiger partial charge in [-0.25, -0.2) is 0 Å². The maximum absolute atomic E-state index is 6.50. The van der Waals surface area contributed by atoms with E-state index < -0.39 is 0 Å². The van der Waals surface area contributed by atoms with E-state index in [9.17, 15) is 0 Å². The van der Waals surface area contributed by atoms with E-state index in [-0.39, 0.29) is 5.41 Å². The third-order valence-corrected chi connectivity index (χ3v) is 5.20. The van der Waals surface area contributed by atoms with Crippen LogP contribution in [-0.4, -0.2) is 26.9 Å². The van der Waals surface area contributed by atoms with E-state index in [2.05, 4.69) is 23.5 Å². The Hall–Kier alpha value is -1.55. The second kappa shape index (κ2) is 8.02. The Balaban J connectivity index is 1.75. The lowest BCUT2D eigenvalue weighted by atomic mass is 9.74. The van der Waals surface area contributed by atoms with Crippen LogP contribution in [0.25, 0.3) is 0 Å². The van der Waals surface area contributed by atoms with E-state index in [1.165, 1.54) is 11.1 Å². The zero-order chi connectivity index (χ0) is 16.8. The van der Waals surface area contributed by atoms with Gasteiger partial charge in [0.15, 0.2) is 0 Å². The molecule has 3 rings (SSSR count). The zero-order valence-corrected chi connectivity index (χ0v) is 14.8. The summed E-state index contributed by atoms with van der Waals surface area (Å²) in [4.78, 5) is 0. The first kappa shape index (κ1) is 17.3. The smallest absolute Gasteiger partial charge is 0.123 e. The third-order valence-electron chi connectivity index (χ3n) is 4.87. The maximum atomic E-state index is 6.50. The first-order valence-corrected chi connectivity index (χ1v) is 8.78. The standard InChI is InChI=1S/C20H24ClNO2/c1-23-19-9-5-2-6-16(19)14-22-15-20(10-12-24-13-11-20)17-7-3-4-8-18(17)21/h2-9,22H,10-15H2,1H3. The molecular formula is C20H24ClNO2. The molecule has 1 saturated heterocycles. The van der Waals surface area contributed by atoms with Crippen molar-refractivity contribution in [3.63, 3.8) is 0 Å². The van der Waals surface area contributed by atoms with Gasteiger partial charge in [0.05, 0.1) is 7.11 Å². The highest BCUT2D eigenvalue weighted by molar-refractivity contribution is 6.31. The lowest BCUT2D eigenvalue weighted by Gasteiger charge is -2.38. The van der Waals surface area contributed by atoms with Gasteiger partial charge in [0.25, 0.3) is 0 Å². The molecule has 24 heavy (non-hydrogen) atoms. The number of hydrogen-bond donors (Lipinski definition) is 1. The number of benzene rings is 2. The van der Waals surface area contributed by atoms with Crippen molar-refractivity contribution in [3.8, 4) is 5.75 Å². The van der Waals surface area contributed by atoms with Crippen molar-refractivity contribution < 1.29 is 9.47 Å². The minimum Gasteiger partial charge on any atom is -0.496 e. The van der Waals surface area contributed by atoms with Crippen LogP contribution in [0.5, 0.6) is 5.75 Å². The SMILES string of the molecule is COc1ccccc1CNCC1(c2ccccc2Cl)CCOCC1. The Bertz CT molecular complexity index is 668. The molecule has 0 radical (unpaired) electrons. The summed E-state index contributed by atoms with van der Waals surface area (Å²) in [6.45, 7) is 3.21. The van der Waals surface area contributed by atoms with Crippen molar-refractivity contribution in [2.45, 2.75) is 24.8 Å². The van der Waals surface area contributed by atoms with Crippen molar-refractivity contribution in [3.05, 3.63) is 64.7 Å². The molecule has 0 saturated carbocycles. The monoisotopic (exact) mass is 345 g/mol. The highest BCUT2D eigenvalue weighted by Crippen LogP contribution is 2.38. The van der Waals surface area contributed by atoms with Crippen molar-refractivity contribution in [1.82, 2.24) is 5.32 Å². The number of ether oxygens (including phenoxy) is 2. The largest absolute Gasteiger partial charge is 0.496 e. The Labute approximate surface area is 148 Å². The molecule has 0 atom stereocenters. The van der Waals surface area contributed by atoms with Crippen molar-refractivity contribution in [2.24, 2.45) is 0 Å². The highest BCUT2D eigenvalue weighted by Gasteiger charge is 2.35. The topological polar surface area (TPSA) is 30.5 Å². The Morgan fingerprint density at radius 2 is 1.79 bits per heavy atom. The van der Waals surface area contributed by atoms with E-state index in [4.69, 9.17) is 21.1 Å². The maximum Gasteiger partial charge on any atom is 0.123 e. The van der Waals surface area contributed by atoms with E-state index in [0.717, 1.165) is 49.9 Å². The molecule has 3 nitrogen and oxygen atoms in total. The molecule has 0 unspecified atom stereocenters. The van der Waals surface area contributed by atoms with Crippen LogP contribution < -0.4 is 10.1 Å². The first-order chi connectivity index (χ1) is 11.7. The summed E-state index contributed by atoms with van der Waals surface area (Å²) in [6.07, 6.45) is 1.96. The van der Waals surface area contributed by atoms with Crippen molar-refractivity contribution in [1.29, 1.82) is 0 Å². The minimum absolute atomic E-state index is 0.0264. The second-order valence-corrected chi connectivity index (χ2v) is 6.70. The molecule has 0 aromatic heterocycles. The van der Waals surface area contributed by atoms with E-state index in [0.29, 0.717) is 0 Å². The van der Waals surface area contributed by atoms with Gasteiger partial charge >= 0.3 is 0 Å². The molecule has 0 bridgehead atoms. The van der Waals surface area contributed by atoms with Crippen LogP contribution in [0, 0.1) is 0 Å². The van der Waals surface area contributed by atoms with Crippen LogP contribution in [0.4, 0.5) is 0 Å². The predicted molar refractivity (Wildman–Crippen MR) is 97.9 cm³/mol. The molecule has 1 aliphatic rings. The molecule has 1 aliphatic heterocycles. The van der Waals surface area contributed by atoms with Crippen LogP contribution in [0.15, 0.2) is 48.5 Å². The Morgan fingerprint density at radius 1 is 1.08 bits per heavy atom. The summed E-state index contributed by atoms with van der Waals surface area (Å²) in [7, 11) is 1.71. The van der Waals surface area contributed by atoms with Crippen molar-refractivity contribution in [2.75, 3.05) is 26.9 Å². The summed E-state index contributed by atoms with van der Waals surface area (Å²) in [5, 5.41) is 4.46. The van der Waals surface area contributed by atoms with Crippen LogP contribution in [0.2, 0.25) is 5.02 Å². The quantitative estimate of drug-likeness (QED) is 0.851. The molecule has 2 aromatic carbocycles. The number of nitrogens with one attached hydrogen (secondary N) is 1. The molecular weight excluding hydrogens is 322 g/mol. The summed E-state index contributed by atoms with van der Waals surface area (Å²) < 4.78 is 11.0. The molecule has 128 valence electrons. The second-order valence-electron chi connectivity index (χ2n) is 6.29. The molecule has 1 heterocycles. The molecule has 0 amide bonds. The minimum atomic E-state index is 0.0264. The first-order valence-electron chi connectivity index (χ1n) is 8.40. The van der Waals surface area contributed by atoms with Crippen LogP contribution in [0.3, 0.4) is 0 Å². The van der Waals surface area contributed by atoms with E-state index >= 15 is 0 Å². The van der Waals surface area contributed by atoms with Gasteiger partial charge in [-0.2, -0.15) is 0 Å². The number of para-hydroxylation sites is 1. The van der Waals surface area contributed by atoms with E-state index in [1.807, 2.05) is 30.3 Å². The highest BCUT2D eigenvalue weighted by atomic mass is 35.5. The normalized spacial score (nSPS) is 16.8. The van der Waals surface area contributed by atoms with Gasteiger partial charge in [-0.15, -0.1) is 0 Å². The molecule has 1 N–H and O–H groups in total. The third kappa shape index (κ3) is 3.75. The molecule has 0 spiro atoms. The molecule has 4 heteroatoms. The lowest BCUT2D eigenvalue weighted by Crippen LogP contribution is -2.42. The van der Waals surface area contributed by atoms with Gasteiger partial charge < -0.3 is 14.8 Å². The fraction of sp³-hybridized carbons (Fsp3) is 0.400. The van der Waals surface area contributed by atoms with Crippen LogP contribution >= 0.6 is 11.6 Å². The predicted octanol–water partition coefficient (Wildman–Crippen LogP) is 4.19. The van der Waals surface area contributed by atoms with Gasteiger partial charge in [0.1, 0.15) is 5.75 Å². The summed E-state index contributed by atoms with van der Waals surface area (Å²) in [6, 6.07) is 16.3. The number of methoxy groups -OCH3 is 1. The zero-order valence-electron chi connectivity index (χ0n) is 14.1. The lowest BCUT2D eigenvalue weighted by molar-refractivity contribution is 0.0498. The average molecular weight is 346 g/mol. The van der Waals surface area contributed by atoms with Crippen molar-refractivity contribution >= 4 is 11.6 Å². The fourth-order valence-corrected chi connectivity index (χ4v) is 3.82. The Kier molecular flexibility index (Phi) is 5.77. The summed E-state index contributed by atoms with van der Waals surface area (Å²) in [5.74, 6) is 0.920. The fourth-order valence-electron chi connectivity index (χ4n) is 3.48. The van der Waals surface area contributed by atoms with Gasteiger partial charge in [-0.3, -0.25) is 0 Å². The van der Waals surface area contributed by atoms with Gasteiger partial charge in [-0.1, -0.05) is 48.0 Å². The summed E-state index contributed by atoms with van der Waals surface area (Å²) >= 11 is 6.50. The van der Waals surface area contributed by atoms with E-state index in [1.54, 1.807) is 7.11 Å². The molecule has 0 aliphatic carbocycles. The Morgan fingerprint density at radius 3 is 2.54 bits per heavy atom. The van der Waals surface area contributed by atoms with Crippen LogP contribution in [-0.2, 0) is 16.7 Å².